The van der Waals surface area contributed by atoms with Gasteiger partial charge in [0.05, 0.1) is 12.3 Å². The number of hydrogen-bond donors (Lipinski definition) is 2. The van der Waals surface area contributed by atoms with Crippen molar-refractivity contribution in [3.8, 4) is 0 Å². The average Bonchev–Trinajstić information content (AvgIpc) is 2.56. The van der Waals surface area contributed by atoms with E-state index in [0.29, 0.717) is 0 Å². The lowest BCUT2D eigenvalue weighted by molar-refractivity contribution is -0.153. The molecule has 0 spiro atoms. The number of carboxylic acids is 1. The molecule has 0 aliphatic rings. The fourth-order valence-corrected chi connectivity index (χ4v) is 2.40. The molecule has 2 atom stereocenters. The molecule has 0 saturated carbocycles. The minimum absolute atomic E-state index is 0.105. The van der Waals surface area contributed by atoms with Gasteiger partial charge in [-0.1, -0.05) is 57.2 Å². The zero-order valence-electron chi connectivity index (χ0n) is 15.5. The fraction of sp³-hybridized carbons (Fsp3) is 0.450. The molecular formula is C20H27NO5. The molecule has 0 aliphatic carbocycles. The number of esters is 1. The van der Waals surface area contributed by atoms with E-state index in [9.17, 15) is 14.4 Å². The monoisotopic (exact) mass is 361 g/mol. The molecule has 1 amide bonds. The van der Waals surface area contributed by atoms with Gasteiger partial charge in [-0.3, -0.25) is 9.59 Å². The first kappa shape index (κ1) is 21.4. The van der Waals surface area contributed by atoms with E-state index in [-0.39, 0.29) is 19.4 Å². The minimum atomic E-state index is -1.08. The largest absolute Gasteiger partial charge is 0.481 e. The number of ether oxygens (including phenoxy) is 1. The molecule has 1 rings (SSSR count). The molecule has 0 radical (unpaired) electrons. The van der Waals surface area contributed by atoms with Crippen molar-refractivity contribution in [2.75, 3.05) is 0 Å². The molecule has 0 aliphatic heterocycles. The van der Waals surface area contributed by atoms with Crippen molar-refractivity contribution in [2.24, 2.45) is 11.3 Å². The van der Waals surface area contributed by atoms with Crippen LogP contribution in [0, 0.1) is 11.3 Å². The number of carbonyl (C=O) groups excluding carboxylic acids is 2. The van der Waals surface area contributed by atoms with E-state index < -0.39 is 35.2 Å². The fourth-order valence-electron chi connectivity index (χ4n) is 2.40. The maximum atomic E-state index is 12.5. The van der Waals surface area contributed by atoms with Crippen molar-refractivity contribution in [2.45, 2.75) is 46.3 Å². The Labute approximate surface area is 154 Å². The summed E-state index contributed by atoms with van der Waals surface area (Å²) in [6.07, 6.45) is 1.38. The summed E-state index contributed by atoms with van der Waals surface area (Å²) in [6, 6.07) is 8.34. The van der Waals surface area contributed by atoms with E-state index >= 15 is 0 Å². The van der Waals surface area contributed by atoms with Gasteiger partial charge >= 0.3 is 11.9 Å². The number of amides is 1. The summed E-state index contributed by atoms with van der Waals surface area (Å²) >= 11 is 0. The second-order valence-electron chi connectivity index (χ2n) is 7.22. The zero-order valence-corrected chi connectivity index (χ0v) is 15.5. The number of carboxylic acid groups (broad SMARTS) is 1. The number of carbonyl (C=O) groups is 3. The number of allylic oxidation sites excluding steroid dienone is 1. The van der Waals surface area contributed by atoms with Crippen LogP contribution in [0.2, 0.25) is 0 Å². The maximum absolute atomic E-state index is 12.5. The third kappa shape index (κ3) is 7.09. The van der Waals surface area contributed by atoms with Gasteiger partial charge in [-0.2, -0.15) is 0 Å². The lowest BCUT2D eigenvalue weighted by Crippen LogP contribution is -2.51. The molecule has 0 fully saturated rings. The van der Waals surface area contributed by atoms with Crippen LogP contribution in [0.4, 0.5) is 0 Å². The first-order chi connectivity index (χ1) is 12.1. The van der Waals surface area contributed by atoms with Crippen molar-refractivity contribution in [1.29, 1.82) is 0 Å². The van der Waals surface area contributed by atoms with Gasteiger partial charge in [0.2, 0.25) is 5.91 Å². The highest BCUT2D eigenvalue weighted by Crippen LogP contribution is 2.22. The van der Waals surface area contributed by atoms with E-state index in [0.717, 1.165) is 5.56 Å². The van der Waals surface area contributed by atoms with E-state index in [4.69, 9.17) is 9.84 Å². The Morgan fingerprint density at radius 1 is 1.23 bits per heavy atom. The van der Waals surface area contributed by atoms with Crippen LogP contribution in [-0.4, -0.2) is 29.0 Å². The number of rotatable bonds is 9. The quantitative estimate of drug-likeness (QED) is 0.521. The Hall–Kier alpha value is -2.63. The molecule has 0 saturated heterocycles. The molecule has 1 aromatic rings. The Morgan fingerprint density at radius 2 is 1.85 bits per heavy atom. The van der Waals surface area contributed by atoms with Crippen molar-refractivity contribution >= 4 is 17.8 Å². The molecule has 6 nitrogen and oxygen atoms in total. The van der Waals surface area contributed by atoms with Crippen molar-refractivity contribution in [1.82, 2.24) is 5.32 Å². The van der Waals surface area contributed by atoms with Crippen molar-refractivity contribution in [3.63, 3.8) is 0 Å². The summed E-state index contributed by atoms with van der Waals surface area (Å²) in [5.74, 6) is -2.91. The van der Waals surface area contributed by atoms with Crippen LogP contribution < -0.4 is 5.32 Å². The average molecular weight is 361 g/mol. The Balaban J connectivity index is 2.82. The van der Waals surface area contributed by atoms with Gasteiger partial charge in [0.25, 0.3) is 0 Å². The van der Waals surface area contributed by atoms with E-state index in [2.05, 4.69) is 11.9 Å². The topological polar surface area (TPSA) is 92.7 Å². The van der Waals surface area contributed by atoms with Crippen LogP contribution in [0.5, 0.6) is 0 Å². The van der Waals surface area contributed by atoms with Gasteiger partial charge in [-0.05, 0) is 17.4 Å². The van der Waals surface area contributed by atoms with Gasteiger partial charge in [-0.15, -0.1) is 6.58 Å². The van der Waals surface area contributed by atoms with E-state index in [1.807, 2.05) is 30.3 Å². The van der Waals surface area contributed by atoms with Gasteiger partial charge in [0.15, 0.2) is 0 Å². The van der Waals surface area contributed by atoms with Crippen LogP contribution in [0.25, 0.3) is 0 Å². The first-order valence-electron chi connectivity index (χ1n) is 8.48. The van der Waals surface area contributed by atoms with E-state index in [1.54, 1.807) is 20.8 Å². The summed E-state index contributed by atoms with van der Waals surface area (Å²) in [7, 11) is 0. The number of benzene rings is 1. The summed E-state index contributed by atoms with van der Waals surface area (Å²) in [6.45, 7) is 9.08. The van der Waals surface area contributed by atoms with Gasteiger partial charge in [0.1, 0.15) is 12.6 Å². The molecule has 2 N–H and O–H groups in total. The Kier molecular flexibility index (Phi) is 8.03. The highest BCUT2D eigenvalue weighted by atomic mass is 16.5. The molecule has 6 heteroatoms. The zero-order chi connectivity index (χ0) is 19.7. The molecule has 1 aromatic carbocycles. The smallest absolute Gasteiger partial charge is 0.329 e. The number of hydrogen-bond acceptors (Lipinski definition) is 4. The normalized spacial score (nSPS) is 13.3. The van der Waals surface area contributed by atoms with Crippen LogP contribution in [-0.2, 0) is 25.7 Å². The summed E-state index contributed by atoms with van der Waals surface area (Å²) in [4.78, 5) is 36.0. The number of nitrogens with one attached hydrogen (secondary N) is 1. The first-order valence-corrected chi connectivity index (χ1v) is 8.48. The standard InChI is InChI=1S/C20H27NO5/c1-5-9-15(12-16(22)23)18(24)21-17(20(2,3)4)19(25)26-13-14-10-7-6-8-11-14/h5-8,10-11,15,17H,1,9,12-13H2,2-4H3,(H,21,24)(H,22,23)/t15-,17-/m1/s1. The van der Waals surface area contributed by atoms with Crippen LogP contribution >= 0.6 is 0 Å². The molecule has 0 unspecified atom stereocenters. The van der Waals surface area contributed by atoms with E-state index in [1.165, 1.54) is 6.08 Å². The summed E-state index contributed by atoms with van der Waals surface area (Å²) in [5, 5.41) is 11.6. The molecular weight excluding hydrogens is 334 g/mol. The van der Waals surface area contributed by atoms with Crippen molar-refractivity contribution < 1.29 is 24.2 Å². The lowest BCUT2D eigenvalue weighted by Gasteiger charge is -2.30. The third-order valence-electron chi connectivity index (χ3n) is 3.86. The third-order valence-corrected chi connectivity index (χ3v) is 3.86. The molecule has 142 valence electrons. The molecule has 26 heavy (non-hydrogen) atoms. The highest BCUT2D eigenvalue weighted by molar-refractivity contribution is 5.88. The molecule has 0 bridgehead atoms. The van der Waals surface area contributed by atoms with Gasteiger partial charge in [0, 0.05) is 0 Å². The Bertz CT molecular complexity index is 633. The highest BCUT2D eigenvalue weighted by Gasteiger charge is 2.35. The predicted octanol–water partition coefficient (Wildman–Crippen LogP) is 2.93. The van der Waals surface area contributed by atoms with Gasteiger partial charge < -0.3 is 15.2 Å². The molecule has 0 heterocycles. The second-order valence-corrected chi connectivity index (χ2v) is 7.22. The maximum Gasteiger partial charge on any atom is 0.329 e. The van der Waals surface area contributed by atoms with Gasteiger partial charge in [-0.25, -0.2) is 4.79 Å². The summed E-state index contributed by atoms with van der Waals surface area (Å²) < 4.78 is 5.35. The van der Waals surface area contributed by atoms with Crippen LogP contribution in [0.3, 0.4) is 0 Å². The summed E-state index contributed by atoms with van der Waals surface area (Å²) in [5.41, 5.74) is 0.251. The SMILES string of the molecule is C=CC[C@H](CC(=O)O)C(=O)N[C@H](C(=O)OCc1ccccc1)C(C)(C)C. The van der Waals surface area contributed by atoms with Crippen LogP contribution in [0.1, 0.15) is 39.2 Å². The predicted molar refractivity (Wildman–Crippen MR) is 98.2 cm³/mol. The lowest BCUT2D eigenvalue weighted by atomic mass is 9.86. The Morgan fingerprint density at radius 3 is 2.35 bits per heavy atom. The molecule has 0 aromatic heterocycles. The van der Waals surface area contributed by atoms with Crippen LogP contribution in [0.15, 0.2) is 43.0 Å². The van der Waals surface area contributed by atoms with Crippen molar-refractivity contribution in [3.05, 3.63) is 48.6 Å². The second kappa shape index (κ2) is 9.75. The minimum Gasteiger partial charge on any atom is -0.481 e. The number of aliphatic carboxylic acids is 1.